The minimum Gasteiger partial charge on any atom is -0.491 e. The summed E-state index contributed by atoms with van der Waals surface area (Å²) >= 11 is 1.49. The van der Waals surface area contributed by atoms with E-state index in [-0.39, 0.29) is 5.91 Å². The molecule has 0 bridgehead atoms. The van der Waals surface area contributed by atoms with Gasteiger partial charge in [0.15, 0.2) is 17.8 Å². The van der Waals surface area contributed by atoms with E-state index in [9.17, 15) is 4.79 Å². The van der Waals surface area contributed by atoms with E-state index in [0.29, 0.717) is 30.2 Å². The first-order valence-corrected chi connectivity index (χ1v) is 12.0. The van der Waals surface area contributed by atoms with Crippen LogP contribution in [0.2, 0.25) is 0 Å². The van der Waals surface area contributed by atoms with Gasteiger partial charge >= 0.3 is 0 Å². The molecule has 2 radical (unpaired) electrons. The molecule has 174 valence electrons. The molecule has 0 aliphatic carbocycles. The van der Waals surface area contributed by atoms with Crippen molar-refractivity contribution in [3.05, 3.63) is 46.6 Å². The molecule has 10 heteroatoms. The van der Waals surface area contributed by atoms with Crippen molar-refractivity contribution in [2.45, 2.75) is 12.7 Å². The number of carbonyl (C=O) groups excluding carboxylic acids is 1. The fourth-order valence-electron chi connectivity index (χ4n) is 4.19. The maximum atomic E-state index is 12.7. The number of rotatable bonds is 8. The van der Waals surface area contributed by atoms with E-state index in [0.717, 1.165) is 56.4 Å². The summed E-state index contributed by atoms with van der Waals surface area (Å²) in [5.41, 5.74) is 2.26. The van der Waals surface area contributed by atoms with Crippen LogP contribution in [0, 0.1) is 6.54 Å². The third-order valence-electron chi connectivity index (χ3n) is 5.89. The molecule has 1 aromatic heterocycles. The Bertz CT molecular complexity index is 1010. The maximum absolute atomic E-state index is 12.7. The summed E-state index contributed by atoms with van der Waals surface area (Å²) < 4.78 is 17.2. The number of amidine groups is 1. The van der Waals surface area contributed by atoms with Crippen molar-refractivity contribution in [3.8, 4) is 11.5 Å². The van der Waals surface area contributed by atoms with E-state index in [1.165, 1.54) is 11.3 Å². The van der Waals surface area contributed by atoms with Crippen molar-refractivity contribution in [3.63, 3.8) is 0 Å². The fraction of sp³-hybridized carbons (Fsp3) is 0.435. The lowest BCUT2D eigenvalue weighted by Crippen LogP contribution is -2.56. The van der Waals surface area contributed by atoms with Gasteiger partial charge in [0, 0.05) is 30.6 Å². The number of aliphatic imine (C=N–C) groups is 1. The van der Waals surface area contributed by atoms with Crippen molar-refractivity contribution in [2.24, 2.45) is 4.99 Å². The van der Waals surface area contributed by atoms with Crippen LogP contribution in [0.4, 0.5) is 5.69 Å². The summed E-state index contributed by atoms with van der Waals surface area (Å²) in [5.74, 6) is 1.85. The number of carbonyl (C=O) groups is 1. The molecule has 4 heterocycles. The highest BCUT2D eigenvalue weighted by molar-refractivity contribution is 7.08. The molecule has 1 aromatic carbocycles. The number of anilines is 1. The molecule has 1 atom stereocenters. The van der Waals surface area contributed by atoms with Crippen LogP contribution >= 0.6 is 11.3 Å². The predicted molar refractivity (Wildman–Crippen MR) is 126 cm³/mol. The Morgan fingerprint density at radius 1 is 1.36 bits per heavy atom. The number of nitrogens with one attached hydrogen (secondary N) is 2. The number of nitrogens with zero attached hydrogens (tertiary/aromatic N) is 3. The third-order valence-corrected chi connectivity index (χ3v) is 6.57. The summed E-state index contributed by atoms with van der Waals surface area (Å²) in [4.78, 5) is 21.5. The largest absolute Gasteiger partial charge is 0.491 e. The summed E-state index contributed by atoms with van der Waals surface area (Å²) in [6.07, 6.45) is 0.432. The van der Waals surface area contributed by atoms with E-state index in [1.807, 2.05) is 27.8 Å². The van der Waals surface area contributed by atoms with Gasteiger partial charge in [-0.3, -0.25) is 14.7 Å². The standard InChI is InChI=1S/C23H27N5O4S/c1-30-20-18(32-11-2-7-27-9-12-31-13-10-27)4-3-17-19(20)25-23(28-8-6-24-21(17)28)26-22(29)16-5-14-33-15-16/h3-5,14-15,23,25H,2,7-13H2,1H3,(H,26,29). The van der Waals surface area contributed by atoms with E-state index < -0.39 is 6.29 Å². The zero-order valence-electron chi connectivity index (χ0n) is 18.5. The van der Waals surface area contributed by atoms with Crippen molar-refractivity contribution in [1.29, 1.82) is 0 Å². The lowest BCUT2D eigenvalue weighted by Gasteiger charge is -2.38. The first kappa shape index (κ1) is 22.0. The van der Waals surface area contributed by atoms with Gasteiger partial charge in [-0.1, -0.05) is 0 Å². The minimum atomic E-state index is -0.482. The maximum Gasteiger partial charge on any atom is 0.255 e. The zero-order chi connectivity index (χ0) is 22.6. The zero-order valence-corrected chi connectivity index (χ0v) is 19.3. The number of fused-ring (bicyclic) bond motifs is 3. The third kappa shape index (κ3) is 4.64. The molecular formula is C23H27N5O4S. The fourth-order valence-corrected chi connectivity index (χ4v) is 4.82. The molecule has 2 aromatic rings. The summed E-state index contributed by atoms with van der Waals surface area (Å²) in [6.45, 7) is 8.58. The van der Waals surface area contributed by atoms with Gasteiger partial charge in [0.1, 0.15) is 12.4 Å². The van der Waals surface area contributed by atoms with Crippen LogP contribution in [0.15, 0.2) is 34.0 Å². The van der Waals surface area contributed by atoms with Crippen LogP contribution in [0.5, 0.6) is 11.5 Å². The molecule has 0 saturated carbocycles. The van der Waals surface area contributed by atoms with Gasteiger partial charge in [-0.2, -0.15) is 11.3 Å². The number of thiophene rings is 1. The summed E-state index contributed by atoms with van der Waals surface area (Å²) in [5, 5.41) is 10.2. The second-order valence-electron chi connectivity index (χ2n) is 7.93. The van der Waals surface area contributed by atoms with Gasteiger partial charge in [-0.25, -0.2) is 0 Å². The van der Waals surface area contributed by atoms with Gasteiger partial charge in [0.2, 0.25) is 0 Å². The van der Waals surface area contributed by atoms with Crippen LogP contribution < -0.4 is 20.1 Å². The number of methoxy groups -OCH3 is 1. The van der Waals surface area contributed by atoms with Crippen molar-refractivity contribution in [1.82, 2.24) is 15.1 Å². The summed E-state index contributed by atoms with van der Waals surface area (Å²) in [7, 11) is 1.62. The highest BCUT2D eigenvalue weighted by Gasteiger charge is 2.36. The van der Waals surface area contributed by atoms with Crippen molar-refractivity contribution >= 4 is 28.8 Å². The van der Waals surface area contributed by atoms with E-state index in [1.54, 1.807) is 13.2 Å². The summed E-state index contributed by atoms with van der Waals surface area (Å²) in [6, 6.07) is 5.69. The number of morpholine rings is 1. The molecule has 2 N–H and O–H groups in total. The van der Waals surface area contributed by atoms with Gasteiger partial charge in [0.25, 0.3) is 5.91 Å². The second kappa shape index (κ2) is 9.98. The quantitative estimate of drug-likeness (QED) is 0.573. The molecule has 1 unspecified atom stereocenters. The molecule has 9 nitrogen and oxygen atoms in total. The molecule has 3 aliphatic rings. The topological polar surface area (TPSA) is 87.7 Å². The molecular weight excluding hydrogens is 442 g/mol. The highest BCUT2D eigenvalue weighted by atomic mass is 32.1. The average molecular weight is 470 g/mol. The average Bonchev–Trinajstić information content (AvgIpc) is 3.55. The Balaban J connectivity index is 1.30. The second-order valence-corrected chi connectivity index (χ2v) is 8.71. The Labute approximate surface area is 197 Å². The smallest absolute Gasteiger partial charge is 0.255 e. The van der Waals surface area contributed by atoms with Crippen LogP contribution in [0.1, 0.15) is 22.3 Å². The molecule has 3 aliphatic heterocycles. The lowest BCUT2D eigenvalue weighted by atomic mass is 10.1. The van der Waals surface area contributed by atoms with Gasteiger partial charge in [0.05, 0.1) is 44.7 Å². The Kier molecular flexibility index (Phi) is 6.65. The van der Waals surface area contributed by atoms with E-state index >= 15 is 0 Å². The molecule has 1 saturated heterocycles. The van der Waals surface area contributed by atoms with Gasteiger partial charge in [-0.05, 0) is 30.0 Å². The minimum absolute atomic E-state index is 0.155. The molecule has 5 rings (SSSR count). The molecule has 0 spiro atoms. The van der Waals surface area contributed by atoms with Crippen molar-refractivity contribution in [2.75, 3.05) is 58.4 Å². The SMILES string of the molecule is COc1c(OCCCN2CCOCC2)ccc2c1NC(NC(=O)c1ccsc1)N1C[C]N=C21. The predicted octanol–water partition coefficient (Wildman–Crippen LogP) is 2.10. The molecule has 1 fully saturated rings. The number of hydrogen-bond donors (Lipinski definition) is 2. The monoisotopic (exact) mass is 469 g/mol. The van der Waals surface area contributed by atoms with E-state index in [2.05, 4.69) is 27.1 Å². The van der Waals surface area contributed by atoms with Crippen LogP contribution in [0.25, 0.3) is 0 Å². The highest BCUT2D eigenvalue weighted by Crippen LogP contribution is 2.42. The van der Waals surface area contributed by atoms with Crippen LogP contribution in [-0.4, -0.2) is 80.9 Å². The van der Waals surface area contributed by atoms with E-state index in [4.69, 9.17) is 14.2 Å². The first-order chi connectivity index (χ1) is 16.2. The van der Waals surface area contributed by atoms with Crippen molar-refractivity contribution < 1.29 is 19.0 Å². The van der Waals surface area contributed by atoms with Crippen LogP contribution in [0.3, 0.4) is 0 Å². The van der Waals surface area contributed by atoms with Gasteiger partial charge in [-0.15, -0.1) is 0 Å². The lowest BCUT2D eigenvalue weighted by molar-refractivity contribution is 0.0357. The number of amides is 1. The Morgan fingerprint density at radius 2 is 2.24 bits per heavy atom. The number of hydrogen-bond acceptors (Lipinski definition) is 9. The Morgan fingerprint density at radius 3 is 3.03 bits per heavy atom. The number of benzene rings is 1. The first-order valence-electron chi connectivity index (χ1n) is 11.1. The normalized spacial score (nSPS) is 19.8. The molecule has 33 heavy (non-hydrogen) atoms. The van der Waals surface area contributed by atoms with Crippen LogP contribution in [-0.2, 0) is 4.74 Å². The number of ether oxygens (including phenoxy) is 3. The molecule has 1 amide bonds. The van der Waals surface area contributed by atoms with Gasteiger partial charge < -0.3 is 29.7 Å². The Hall–Kier alpha value is -2.82.